The average molecular weight is 433 g/mol. The Morgan fingerprint density at radius 2 is 2.05 bits per heavy atom. The number of ether oxygens (including phenoxy) is 1. The van der Waals surface area contributed by atoms with Gasteiger partial charge in [0, 0.05) is 34.2 Å². The Kier molecular flexibility index (Phi) is 6.58. The van der Waals surface area contributed by atoms with Crippen LogP contribution in [0.5, 0.6) is 0 Å². The molecule has 3 nitrogen and oxygen atoms in total. The van der Waals surface area contributed by atoms with Crippen LogP contribution in [0.3, 0.4) is 0 Å². The summed E-state index contributed by atoms with van der Waals surface area (Å²) in [5, 5.41) is 0.504. The molecule has 1 saturated heterocycles. The average Bonchev–Trinajstić information content (AvgIpc) is 2.44. The van der Waals surface area contributed by atoms with E-state index in [0.29, 0.717) is 11.7 Å². The molecule has 0 spiro atoms. The fourth-order valence-electron chi connectivity index (χ4n) is 2.43. The molecule has 1 heterocycles. The molecule has 1 aromatic rings. The van der Waals surface area contributed by atoms with Crippen LogP contribution in [0, 0.1) is 3.57 Å². The number of nitrogens with zero attached hydrogens (tertiary/aromatic N) is 1. The van der Waals surface area contributed by atoms with Crippen LogP contribution in [0.15, 0.2) is 24.3 Å². The molecule has 1 atom stereocenters. The van der Waals surface area contributed by atoms with E-state index < -0.39 is 5.60 Å². The summed E-state index contributed by atoms with van der Waals surface area (Å²) >= 11 is 4.34. The van der Waals surface area contributed by atoms with Gasteiger partial charge in [-0.3, -0.25) is 4.79 Å². The number of rotatable bonds is 4. The van der Waals surface area contributed by atoms with E-state index in [9.17, 15) is 4.79 Å². The molecule has 0 amide bonds. The van der Waals surface area contributed by atoms with Gasteiger partial charge in [-0.25, -0.2) is 0 Å². The highest BCUT2D eigenvalue weighted by Crippen LogP contribution is 2.33. The SMILES string of the molecule is CC(C)(C)OC(=O)CCN1CCS[C@H](c2ccc(I)cc2)C1. The Labute approximate surface area is 151 Å². The van der Waals surface area contributed by atoms with Gasteiger partial charge in [0.1, 0.15) is 5.60 Å². The van der Waals surface area contributed by atoms with Crippen LogP contribution in [-0.4, -0.2) is 41.9 Å². The number of hydrogen-bond donors (Lipinski definition) is 0. The first-order chi connectivity index (χ1) is 10.3. The quantitative estimate of drug-likeness (QED) is 0.528. The number of benzene rings is 1. The van der Waals surface area contributed by atoms with E-state index in [1.165, 1.54) is 9.13 Å². The zero-order chi connectivity index (χ0) is 16.2. The summed E-state index contributed by atoms with van der Waals surface area (Å²) in [6.07, 6.45) is 0.474. The summed E-state index contributed by atoms with van der Waals surface area (Å²) < 4.78 is 6.65. The summed E-state index contributed by atoms with van der Waals surface area (Å²) in [5.41, 5.74) is 0.992. The molecule has 5 heteroatoms. The number of esters is 1. The van der Waals surface area contributed by atoms with Crippen molar-refractivity contribution in [2.24, 2.45) is 0 Å². The number of thioether (sulfide) groups is 1. The summed E-state index contributed by atoms with van der Waals surface area (Å²) in [4.78, 5) is 14.2. The van der Waals surface area contributed by atoms with Crippen LogP contribution in [0.1, 0.15) is 38.0 Å². The van der Waals surface area contributed by atoms with E-state index in [1.807, 2.05) is 32.5 Å². The van der Waals surface area contributed by atoms with Gasteiger partial charge >= 0.3 is 5.97 Å². The topological polar surface area (TPSA) is 29.5 Å². The first-order valence-corrected chi connectivity index (χ1v) is 9.77. The largest absolute Gasteiger partial charge is 0.460 e. The zero-order valence-corrected chi connectivity index (χ0v) is 16.4. The van der Waals surface area contributed by atoms with Crippen molar-refractivity contribution in [3.63, 3.8) is 0 Å². The normalized spacial score (nSPS) is 19.9. The van der Waals surface area contributed by atoms with Gasteiger partial charge in [-0.1, -0.05) is 12.1 Å². The molecule has 0 N–H and O–H groups in total. The Balaban J connectivity index is 1.83. The summed E-state index contributed by atoms with van der Waals surface area (Å²) in [5.74, 6) is 1.02. The molecule has 0 aliphatic carbocycles. The van der Waals surface area contributed by atoms with Crippen molar-refractivity contribution in [1.82, 2.24) is 4.90 Å². The summed E-state index contributed by atoms with van der Waals surface area (Å²) in [6, 6.07) is 8.76. The van der Waals surface area contributed by atoms with Gasteiger partial charge in [-0.05, 0) is 61.1 Å². The molecule has 1 aliphatic rings. The second-order valence-corrected chi connectivity index (χ2v) is 9.10. The van der Waals surface area contributed by atoms with Gasteiger partial charge in [0.25, 0.3) is 0 Å². The molecule has 1 aliphatic heterocycles. The first kappa shape index (κ1) is 18.1. The molecule has 0 bridgehead atoms. The highest BCUT2D eigenvalue weighted by atomic mass is 127. The molecule has 22 heavy (non-hydrogen) atoms. The molecule has 1 aromatic carbocycles. The Morgan fingerprint density at radius 1 is 1.36 bits per heavy atom. The van der Waals surface area contributed by atoms with Crippen LogP contribution in [0.2, 0.25) is 0 Å². The van der Waals surface area contributed by atoms with E-state index in [4.69, 9.17) is 4.74 Å². The molecule has 0 aromatic heterocycles. The minimum atomic E-state index is -0.390. The highest BCUT2D eigenvalue weighted by Gasteiger charge is 2.23. The third kappa shape index (κ3) is 6.08. The lowest BCUT2D eigenvalue weighted by atomic mass is 10.1. The van der Waals surface area contributed by atoms with Crippen LogP contribution < -0.4 is 0 Å². The monoisotopic (exact) mass is 433 g/mol. The summed E-state index contributed by atoms with van der Waals surface area (Å²) in [6.45, 7) is 8.58. The second-order valence-electron chi connectivity index (χ2n) is 6.55. The number of hydrogen-bond acceptors (Lipinski definition) is 4. The fourth-order valence-corrected chi connectivity index (χ4v) is 4.10. The lowest BCUT2D eigenvalue weighted by molar-refractivity contribution is -0.155. The smallest absolute Gasteiger partial charge is 0.307 e. The van der Waals surface area contributed by atoms with Gasteiger partial charge in [0.2, 0.25) is 0 Å². The van der Waals surface area contributed by atoms with Crippen molar-refractivity contribution in [3.8, 4) is 0 Å². The molecular formula is C17H24INO2S. The Bertz CT molecular complexity index is 498. The van der Waals surface area contributed by atoms with E-state index in [2.05, 4.69) is 51.8 Å². The molecule has 122 valence electrons. The first-order valence-electron chi connectivity index (χ1n) is 7.65. The van der Waals surface area contributed by atoms with Crippen molar-refractivity contribution >= 4 is 40.3 Å². The van der Waals surface area contributed by atoms with Crippen LogP contribution >= 0.6 is 34.4 Å². The molecule has 0 radical (unpaired) electrons. The van der Waals surface area contributed by atoms with Crippen molar-refractivity contribution in [1.29, 1.82) is 0 Å². The predicted molar refractivity (Wildman–Crippen MR) is 101 cm³/mol. The van der Waals surface area contributed by atoms with E-state index >= 15 is 0 Å². The minimum absolute atomic E-state index is 0.100. The summed E-state index contributed by atoms with van der Waals surface area (Å²) in [7, 11) is 0. The van der Waals surface area contributed by atoms with Crippen molar-refractivity contribution in [3.05, 3.63) is 33.4 Å². The number of halogens is 1. The van der Waals surface area contributed by atoms with Crippen molar-refractivity contribution in [2.75, 3.05) is 25.4 Å². The third-order valence-electron chi connectivity index (χ3n) is 3.44. The van der Waals surface area contributed by atoms with Crippen molar-refractivity contribution < 1.29 is 9.53 Å². The van der Waals surface area contributed by atoms with Crippen molar-refractivity contribution in [2.45, 2.75) is 38.0 Å². The maximum atomic E-state index is 11.8. The van der Waals surface area contributed by atoms with E-state index in [0.717, 1.165) is 25.4 Å². The molecule has 0 unspecified atom stereocenters. The number of carbonyl (C=O) groups is 1. The molecule has 1 fully saturated rings. The lowest BCUT2D eigenvalue weighted by Crippen LogP contribution is -2.36. The van der Waals surface area contributed by atoms with Crippen LogP contribution in [0.4, 0.5) is 0 Å². The van der Waals surface area contributed by atoms with Gasteiger partial charge in [-0.2, -0.15) is 11.8 Å². The van der Waals surface area contributed by atoms with Gasteiger partial charge in [0.05, 0.1) is 6.42 Å². The minimum Gasteiger partial charge on any atom is -0.460 e. The predicted octanol–water partition coefficient (Wildman–Crippen LogP) is 4.11. The van der Waals surface area contributed by atoms with Crippen LogP contribution in [-0.2, 0) is 9.53 Å². The molecular weight excluding hydrogens is 409 g/mol. The molecule has 0 saturated carbocycles. The van der Waals surface area contributed by atoms with Gasteiger partial charge < -0.3 is 9.64 Å². The lowest BCUT2D eigenvalue weighted by Gasteiger charge is -2.32. The van der Waals surface area contributed by atoms with E-state index in [1.54, 1.807) is 0 Å². The third-order valence-corrected chi connectivity index (χ3v) is 5.41. The number of carbonyl (C=O) groups excluding carboxylic acids is 1. The fraction of sp³-hybridized carbons (Fsp3) is 0.588. The maximum Gasteiger partial charge on any atom is 0.307 e. The van der Waals surface area contributed by atoms with Gasteiger partial charge in [0.15, 0.2) is 0 Å². The second kappa shape index (κ2) is 8.02. The van der Waals surface area contributed by atoms with E-state index in [-0.39, 0.29) is 5.97 Å². The zero-order valence-electron chi connectivity index (χ0n) is 13.5. The van der Waals surface area contributed by atoms with Gasteiger partial charge in [-0.15, -0.1) is 0 Å². The Morgan fingerprint density at radius 3 is 2.68 bits per heavy atom. The maximum absolute atomic E-state index is 11.8. The standard InChI is InChI=1S/C17H24INO2S/c1-17(2,3)21-16(20)8-9-19-10-11-22-15(12-19)13-4-6-14(18)7-5-13/h4-7,15H,8-12H2,1-3H3/t15-/m0/s1. The highest BCUT2D eigenvalue weighted by molar-refractivity contribution is 14.1. The molecule has 2 rings (SSSR count). The van der Waals surface area contributed by atoms with Crippen LogP contribution in [0.25, 0.3) is 0 Å². The Hall–Kier alpha value is -0.270.